The summed E-state index contributed by atoms with van der Waals surface area (Å²) in [5.41, 5.74) is 2.35. The van der Waals surface area contributed by atoms with Crippen LogP contribution in [0.25, 0.3) is 10.9 Å². The Morgan fingerprint density at radius 3 is 2.60 bits per heavy atom. The third-order valence-corrected chi connectivity index (χ3v) is 5.39. The molecule has 5 nitrogen and oxygen atoms in total. The van der Waals surface area contributed by atoms with Crippen molar-refractivity contribution in [3.8, 4) is 5.75 Å². The van der Waals surface area contributed by atoms with Crippen molar-refractivity contribution < 1.29 is 4.74 Å². The van der Waals surface area contributed by atoms with Crippen LogP contribution < -0.4 is 10.1 Å². The minimum Gasteiger partial charge on any atom is -0.490 e. The van der Waals surface area contributed by atoms with Crippen molar-refractivity contribution in [2.45, 2.75) is 25.4 Å². The van der Waals surface area contributed by atoms with E-state index in [0.717, 1.165) is 56.1 Å². The van der Waals surface area contributed by atoms with E-state index in [-0.39, 0.29) is 30.1 Å². The van der Waals surface area contributed by atoms with E-state index in [1.165, 1.54) is 10.9 Å². The number of para-hydroxylation sites is 2. The fourth-order valence-corrected chi connectivity index (χ4v) is 3.89. The molecule has 0 unspecified atom stereocenters. The van der Waals surface area contributed by atoms with E-state index < -0.39 is 0 Å². The Balaban J connectivity index is 0.00000256. The Kier molecular flexibility index (Phi) is 8.30. The van der Waals surface area contributed by atoms with E-state index in [0.29, 0.717) is 0 Å². The Morgan fingerprint density at radius 2 is 1.83 bits per heavy atom. The number of hydrogen-bond acceptors (Lipinski definition) is 3. The number of rotatable bonds is 5. The van der Waals surface area contributed by atoms with E-state index in [9.17, 15) is 0 Å². The van der Waals surface area contributed by atoms with Gasteiger partial charge in [-0.25, -0.2) is 0 Å². The van der Waals surface area contributed by atoms with Crippen molar-refractivity contribution in [3.63, 3.8) is 0 Å². The van der Waals surface area contributed by atoms with Gasteiger partial charge in [-0.05, 0) is 30.2 Å². The largest absolute Gasteiger partial charge is 0.490 e. The van der Waals surface area contributed by atoms with Crippen LogP contribution in [0.1, 0.15) is 18.4 Å². The zero-order chi connectivity index (χ0) is 19.9. The van der Waals surface area contributed by atoms with Crippen LogP contribution in [-0.2, 0) is 6.42 Å². The van der Waals surface area contributed by atoms with Gasteiger partial charge in [0.05, 0.1) is 5.52 Å². The summed E-state index contributed by atoms with van der Waals surface area (Å²) in [6, 6.07) is 20.6. The molecule has 2 heterocycles. The number of benzene rings is 2. The van der Waals surface area contributed by atoms with Crippen LogP contribution in [0.4, 0.5) is 0 Å². The molecule has 1 fully saturated rings. The minimum absolute atomic E-state index is 0. The Bertz CT molecular complexity index is 950. The van der Waals surface area contributed by atoms with Crippen molar-refractivity contribution in [1.82, 2.24) is 15.2 Å². The monoisotopic (exact) mass is 516 g/mol. The molecule has 0 aliphatic carbocycles. The minimum atomic E-state index is 0. The summed E-state index contributed by atoms with van der Waals surface area (Å²) in [6.07, 6.45) is 5.06. The molecule has 0 atom stereocenters. The van der Waals surface area contributed by atoms with Gasteiger partial charge in [-0.3, -0.25) is 9.98 Å². The SMILES string of the molecule is CN=C(NCCc1cccc2cccnc12)N1CCC(Oc2ccccc2)CC1.I. The summed E-state index contributed by atoms with van der Waals surface area (Å²) in [4.78, 5) is 11.4. The van der Waals surface area contributed by atoms with E-state index in [2.05, 4.69) is 44.5 Å². The van der Waals surface area contributed by atoms with Crippen LogP contribution in [0.5, 0.6) is 5.75 Å². The lowest BCUT2D eigenvalue weighted by Gasteiger charge is -2.34. The first-order chi connectivity index (χ1) is 14.3. The first-order valence-electron chi connectivity index (χ1n) is 10.3. The Hall–Kier alpha value is -2.35. The number of nitrogens with one attached hydrogen (secondary N) is 1. The molecule has 0 spiro atoms. The van der Waals surface area contributed by atoms with Crippen molar-refractivity contribution in [2.75, 3.05) is 26.7 Å². The van der Waals surface area contributed by atoms with Crippen LogP contribution in [0.15, 0.2) is 71.9 Å². The fourth-order valence-electron chi connectivity index (χ4n) is 3.89. The van der Waals surface area contributed by atoms with Crippen LogP contribution in [-0.4, -0.2) is 48.6 Å². The van der Waals surface area contributed by atoms with Gasteiger partial charge < -0.3 is 15.0 Å². The second-order valence-corrected chi connectivity index (χ2v) is 7.33. The number of piperidine rings is 1. The maximum Gasteiger partial charge on any atom is 0.193 e. The number of guanidine groups is 1. The molecule has 1 aliphatic heterocycles. The molecule has 6 heteroatoms. The summed E-state index contributed by atoms with van der Waals surface area (Å²) in [5.74, 6) is 1.92. The summed E-state index contributed by atoms with van der Waals surface area (Å²) >= 11 is 0. The van der Waals surface area contributed by atoms with Gasteiger partial charge in [0, 0.05) is 51.1 Å². The molecule has 3 aromatic rings. The van der Waals surface area contributed by atoms with Crippen LogP contribution in [0.2, 0.25) is 0 Å². The summed E-state index contributed by atoms with van der Waals surface area (Å²) in [5, 5.41) is 4.71. The van der Waals surface area contributed by atoms with Gasteiger partial charge in [-0.2, -0.15) is 0 Å². The van der Waals surface area contributed by atoms with Gasteiger partial charge >= 0.3 is 0 Å². The molecule has 0 radical (unpaired) electrons. The molecule has 4 rings (SSSR count). The number of ether oxygens (including phenoxy) is 1. The molecule has 1 aromatic heterocycles. The maximum absolute atomic E-state index is 6.10. The third-order valence-electron chi connectivity index (χ3n) is 5.39. The zero-order valence-corrected chi connectivity index (χ0v) is 19.7. The average Bonchev–Trinajstić information content (AvgIpc) is 2.78. The zero-order valence-electron chi connectivity index (χ0n) is 17.3. The number of fused-ring (bicyclic) bond motifs is 1. The number of hydrogen-bond donors (Lipinski definition) is 1. The maximum atomic E-state index is 6.10. The molecular formula is C24H29IN4O. The highest BCUT2D eigenvalue weighted by atomic mass is 127. The summed E-state index contributed by atoms with van der Waals surface area (Å²) in [7, 11) is 1.86. The van der Waals surface area contributed by atoms with Gasteiger partial charge in [0.1, 0.15) is 11.9 Å². The predicted octanol–water partition coefficient (Wildman–Crippen LogP) is 4.51. The number of likely N-dealkylation sites (tertiary alicyclic amines) is 1. The van der Waals surface area contributed by atoms with Crippen LogP contribution >= 0.6 is 24.0 Å². The standard InChI is InChI=1S/C24H28N4O.HI/c1-25-24(27-16-12-20-8-5-7-19-9-6-15-26-23(19)20)28-17-13-22(14-18-28)29-21-10-3-2-4-11-21;/h2-11,15,22H,12-14,16-18H2,1H3,(H,25,27);1H. The highest BCUT2D eigenvalue weighted by Crippen LogP contribution is 2.19. The lowest BCUT2D eigenvalue weighted by atomic mass is 10.1. The molecule has 0 bridgehead atoms. The number of nitrogens with zero attached hydrogens (tertiary/aromatic N) is 3. The van der Waals surface area contributed by atoms with Crippen molar-refractivity contribution in [2.24, 2.45) is 4.99 Å². The van der Waals surface area contributed by atoms with E-state index in [1.54, 1.807) is 0 Å². The normalized spacial score (nSPS) is 15.0. The molecular weight excluding hydrogens is 487 g/mol. The number of aliphatic imine (C=N–C) groups is 1. The molecule has 1 N–H and O–H groups in total. The van der Waals surface area contributed by atoms with Crippen molar-refractivity contribution in [3.05, 3.63) is 72.4 Å². The second-order valence-electron chi connectivity index (χ2n) is 7.33. The summed E-state index contributed by atoms with van der Waals surface area (Å²) in [6.45, 7) is 2.74. The van der Waals surface area contributed by atoms with Gasteiger partial charge in [0.2, 0.25) is 0 Å². The molecule has 1 aliphatic rings. The number of aromatic nitrogens is 1. The van der Waals surface area contributed by atoms with Gasteiger partial charge in [0.15, 0.2) is 5.96 Å². The Morgan fingerprint density at radius 1 is 1.07 bits per heavy atom. The quantitative estimate of drug-likeness (QED) is 0.308. The van der Waals surface area contributed by atoms with Gasteiger partial charge in [-0.1, -0.05) is 42.5 Å². The molecule has 1 saturated heterocycles. The first-order valence-corrected chi connectivity index (χ1v) is 10.3. The second kappa shape index (κ2) is 11.2. The highest BCUT2D eigenvalue weighted by Gasteiger charge is 2.22. The highest BCUT2D eigenvalue weighted by molar-refractivity contribution is 14.0. The van der Waals surface area contributed by atoms with E-state index >= 15 is 0 Å². The van der Waals surface area contributed by atoms with Crippen molar-refractivity contribution >= 4 is 40.8 Å². The van der Waals surface area contributed by atoms with E-state index in [1.807, 2.05) is 49.6 Å². The predicted molar refractivity (Wildman–Crippen MR) is 134 cm³/mol. The topological polar surface area (TPSA) is 49.8 Å². The lowest BCUT2D eigenvalue weighted by Crippen LogP contribution is -2.47. The van der Waals surface area contributed by atoms with Gasteiger partial charge in [0.25, 0.3) is 0 Å². The van der Waals surface area contributed by atoms with Crippen molar-refractivity contribution in [1.29, 1.82) is 0 Å². The molecule has 30 heavy (non-hydrogen) atoms. The molecule has 2 aromatic carbocycles. The first kappa shape index (κ1) is 22.3. The van der Waals surface area contributed by atoms with Crippen LogP contribution in [0, 0.1) is 0 Å². The van der Waals surface area contributed by atoms with Gasteiger partial charge in [-0.15, -0.1) is 24.0 Å². The van der Waals surface area contributed by atoms with E-state index in [4.69, 9.17) is 4.74 Å². The average molecular weight is 516 g/mol. The number of pyridine rings is 1. The third kappa shape index (κ3) is 5.62. The molecule has 0 saturated carbocycles. The molecule has 0 amide bonds. The molecule has 158 valence electrons. The number of halogens is 1. The summed E-state index contributed by atoms with van der Waals surface area (Å²) < 4.78 is 6.10. The fraction of sp³-hybridized carbons (Fsp3) is 0.333. The van der Waals surface area contributed by atoms with Crippen LogP contribution in [0.3, 0.4) is 0 Å². The lowest BCUT2D eigenvalue weighted by molar-refractivity contribution is 0.129. The Labute approximate surface area is 195 Å². The smallest absolute Gasteiger partial charge is 0.193 e.